The Morgan fingerprint density at radius 2 is 1.61 bits per heavy atom. The molecule has 0 saturated heterocycles. The first kappa shape index (κ1) is 22.2. The number of ether oxygens (including phenoxy) is 2. The van der Waals surface area contributed by atoms with Gasteiger partial charge in [-0.05, 0) is 31.2 Å². The van der Waals surface area contributed by atoms with Gasteiger partial charge < -0.3 is 9.47 Å². The molecule has 0 atom stereocenters. The largest absolute Gasteiger partial charge is 0.484 e. The third-order valence-corrected chi connectivity index (χ3v) is 3.86. The summed E-state index contributed by atoms with van der Waals surface area (Å²) in [5, 5.41) is 6.40. The lowest BCUT2D eigenvalue weighted by Gasteiger charge is -2.15. The molecule has 0 amide bonds. The van der Waals surface area contributed by atoms with Gasteiger partial charge in [0.15, 0.2) is 13.2 Å². The molecule has 13 heteroatoms. The van der Waals surface area contributed by atoms with Gasteiger partial charge in [0.05, 0.1) is 17.6 Å². The van der Waals surface area contributed by atoms with Crippen LogP contribution in [-0.4, -0.2) is 45.3 Å². The minimum Gasteiger partial charge on any atom is -0.484 e. The Kier molecular flexibility index (Phi) is 5.95. The van der Waals surface area contributed by atoms with E-state index in [9.17, 15) is 31.1 Å². The molecule has 166 valence electrons. The van der Waals surface area contributed by atoms with Crippen molar-refractivity contribution in [3.63, 3.8) is 0 Å². The summed E-state index contributed by atoms with van der Waals surface area (Å²) in [5.74, 6) is -0.148. The smallest absolute Gasteiger partial charge is 0.422 e. The maximum absolute atomic E-state index is 12.7. The normalized spacial score (nSPS) is 12.1. The molecule has 7 nitrogen and oxygen atoms in total. The highest BCUT2D eigenvalue weighted by atomic mass is 19.4. The second kappa shape index (κ2) is 8.32. The van der Waals surface area contributed by atoms with E-state index < -0.39 is 37.1 Å². The first-order valence-corrected chi connectivity index (χ1v) is 8.57. The van der Waals surface area contributed by atoms with E-state index in [1.165, 1.54) is 18.3 Å². The Morgan fingerprint density at radius 1 is 1.00 bits per heavy atom. The molecule has 0 unspecified atom stereocenters. The molecule has 0 bridgehead atoms. The summed E-state index contributed by atoms with van der Waals surface area (Å²) in [6.07, 6.45) is -7.89. The van der Waals surface area contributed by atoms with Gasteiger partial charge in [0.25, 0.3) is 5.56 Å². The number of aromatic amines is 1. The van der Waals surface area contributed by atoms with Gasteiger partial charge in [-0.15, -0.1) is 0 Å². The first-order chi connectivity index (χ1) is 14.4. The highest BCUT2D eigenvalue weighted by Crippen LogP contribution is 2.25. The van der Waals surface area contributed by atoms with Crippen LogP contribution in [0.1, 0.15) is 5.69 Å². The fraction of sp³-hybridized carbons (Fsp3) is 0.278. The van der Waals surface area contributed by atoms with Crippen molar-refractivity contribution in [1.82, 2.24) is 19.7 Å². The standard InChI is InChI=1S/C18H14F6N4O3/c1-10-13(7-25-27-10)14-6-15(29)28(16(26-14)31-9-18(22,23)24)11-2-4-12(5-3-11)30-8-17(19,20)21/h2-7H,8-9H2,1H3,(H,25,27). The molecule has 3 aromatic rings. The lowest BCUT2D eigenvalue weighted by Crippen LogP contribution is -2.26. The third-order valence-electron chi connectivity index (χ3n) is 3.86. The molecule has 0 spiro atoms. The average molecular weight is 448 g/mol. The zero-order valence-electron chi connectivity index (χ0n) is 15.7. The number of hydrogen-bond acceptors (Lipinski definition) is 5. The van der Waals surface area contributed by atoms with Crippen molar-refractivity contribution in [1.29, 1.82) is 0 Å². The van der Waals surface area contributed by atoms with Crippen LogP contribution < -0.4 is 15.0 Å². The Morgan fingerprint density at radius 3 is 2.16 bits per heavy atom. The van der Waals surface area contributed by atoms with Crippen LogP contribution in [0, 0.1) is 6.92 Å². The maximum Gasteiger partial charge on any atom is 0.422 e. The second-order valence-corrected chi connectivity index (χ2v) is 6.31. The van der Waals surface area contributed by atoms with E-state index in [-0.39, 0.29) is 17.1 Å². The van der Waals surface area contributed by atoms with Crippen molar-refractivity contribution >= 4 is 0 Å². The van der Waals surface area contributed by atoms with Crippen LogP contribution >= 0.6 is 0 Å². The van der Waals surface area contributed by atoms with Crippen molar-refractivity contribution in [3.05, 3.63) is 52.6 Å². The molecule has 0 radical (unpaired) electrons. The fourth-order valence-corrected chi connectivity index (χ4v) is 2.55. The van der Waals surface area contributed by atoms with Crippen LogP contribution in [0.4, 0.5) is 26.3 Å². The van der Waals surface area contributed by atoms with Crippen LogP contribution in [0.2, 0.25) is 0 Å². The molecule has 2 aromatic heterocycles. The minimum atomic E-state index is -4.70. The van der Waals surface area contributed by atoms with E-state index in [1.807, 2.05) is 0 Å². The van der Waals surface area contributed by atoms with Crippen LogP contribution in [0.5, 0.6) is 11.8 Å². The Hall–Kier alpha value is -3.51. The SMILES string of the molecule is Cc1[nH]ncc1-c1cc(=O)n(-c2ccc(OCC(F)(F)F)cc2)c(OCC(F)(F)F)n1. The number of rotatable bonds is 6. The van der Waals surface area contributed by atoms with Crippen molar-refractivity contribution in [2.45, 2.75) is 19.3 Å². The van der Waals surface area contributed by atoms with Gasteiger partial charge in [-0.25, -0.2) is 4.57 Å². The zero-order chi connectivity index (χ0) is 22.8. The Balaban J connectivity index is 2.00. The van der Waals surface area contributed by atoms with Gasteiger partial charge >= 0.3 is 18.4 Å². The van der Waals surface area contributed by atoms with Gasteiger partial charge in [0, 0.05) is 17.3 Å². The van der Waals surface area contributed by atoms with E-state index in [1.54, 1.807) is 6.92 Å². The molecule has 0 saturated carbocycles. The highest BCUT2D eigenvalue weighted by molar-refractivity contribution is 5.61. The van der Waals surface area contributed by atoms with Crippen molar-refractivity contribution < 1.29 is 35.8 Å². The summed E-state index contributed by atoms with van der Waals surface area (Å²) in [6, 6.07) is 5.08. The lowest BCUT2D eigenvalue weighted by atomic mass is 10.2. The number of alkyl halides is 6. The number of aryl methyl sites for hydroxylation is 1. The molecular weight excluding hydrogens is 434 g/mol. The number of halogens is 6. The number of nitrogens with one attached hydrogen (secondary N) is 1. The molecule has 1 aromatic carbocycles. The first-order valence-electron chi connectivity index (χ1n) is 8.57. The molecule has 0 aliphatic heterocycles. The van der Waals surface area contributed by atoms with Crippen molar-refractivity contribution in [2.75, 3.05) is 13.2 Å². The minimum absolute atomic E-state index is 0.0181. The van der Waals surface area contributed by atoms with E-state index in [0.29, 0.717) is 11.3 Å². The van der Waals surface area contributed by atoms with Crippen molar-refractivity contribution in [3.8, 4) is 28.7 Å². The van der Waals surface area contributed by atoms with Gasteiger partial charge in [-0.1, -0.05) is 0 Å². The molecule has 1 N–H and O–H groups in total. The summed E-state index contributed by atoms with van der Waals surface area (Å²) in [7, 11) is 0. The van der Waals surface area contributed by atoms with Gasteiger partial charge in [0.2, 0.25) is 0 Å². The van der Waals surface area contributed by atoms with E-state index in [4.69, 9.17) is 4.74 Å². The van der Waals surface area contributed by atoms with Crippen LogP contribution in [0.3, 0.4) is 0 Å². The second-order valence-electron chi connectivity index (χ2n) is 6.31. The number of benzene rings is 1. The van der Waals surface area contributed by atoms with E-state index in [0.717, 1.165) is 22.8 Å². The highest BCUT2D eigenvalue weighted by Gasteiger charge is 2.30. The fourth-order valence-electron chi connectivity index (χ4n) is 2.55. The topological polar surface area (TPSA) is 82.0 Å². The molecule has 3 rings (SSSR count). The molecule has 0 aliphatic carbocycles. The van der Waals surface area contributed by atoms with E-state index in [2.05, 4.69) is 19.9 Å². The monoisotopic (exact) mass is 448 g/mol. The van der Waals surface area contributed by atoms with Gasteiger partial charge in [-0.2, -0.15) is 36.4 Å². The number of aromatic nitrogens is 4. The molecular formula is C18H14F6N4O3. The van der Waals surface area contributed by atoms with E-state index >= 15 is 0 Å². The number of H-pyrrole nitrogens is 1. The van der Waals surface area contributed by atoms with Gasteiger partial charge in [0.1, 0.15) is 5.75 Å². The predicted molar refractivity (Wildman–Crippen MR) is 95.3 cm³/mol. The Labute approximate surface area is 170 Å². The summed E-state index contributed by atoms with van der Waals surface area (Å²) in [4.78, 5) is 16.7. The van der Waals surface area contributed by atoms with Crippen LogP contribution in [-0.2, 0) is 0 Å². The third kappa shape index (κ3) is 5.77. The quantitative estimate of drug-likeness (QED) is 0.580. The average Bonchev–Trinajstić information content (AvgIpc) is 3.10. The zero-order valence-corrected chi connectivity index (χ0v) is 15.7. The van der Waals surface area contributed by atoms with Crippen LogP contribution in [0.15, 0.2) is 41.3 Å². The Bertz CT molecular complexity index is 1100. The van der Waals surface area contributed by atoms with Crippen molar-refractivity contribution in [2.24, 2.45) is 0 Å². The van der Waals surface area contributed by atoms with Gasteiger partial charge in [-0.3, -0.25) is 9.89 Å². The molecule has 0 aliphatic rings. The molecule has 31 heavy (non-hydrogen) atoms. The number of nitrogens with zero attached hydrogens (tertiary/aromatic N) is 3. The summed E-state index contributed by atoms with van der Waals surface area (Å²) in [6.45, 7) is -1.60. The maximum atomic E-state index is 12.7. The summed E-state index contributed by atoms with van der Waals surface area (Å²) >= 11 is 0. The lowest BCUT2D eigenvalue weighted by molar-refractivity contribution is -0.155. The number of hydrogen-bond donors (Lipinski definition) is 1. The predicted octanol–water partition coefficient (Wildman–Crippen LogP) is 3.81. The summed E-state index contributed by atoms with van der Waals surface area (Å²) in [5.41, 5.74) is 0.195. The summed E-state index contributed by atoms with van der Waals surface area (Å²) < 4.78 is 84.9. The molecule has 0 fully saturated rings. The molecule has 2 heterocycles. The van der Waals surface area contributed by atoms with Crippen LogP contribution in [0.25, 0.3) is 16.9 Å².